The van der Waals surface area contributed by atoms with Gasteiger partial charge in [-0.15, -0.1) is 11.6 Å². The summed E-state index contributed by atoms with van der Waals surface area (Å²) in [5, 5.41) is 9.23. The van der Waals surface area contributed by atoms with Crippen molar-refractivity contribution in [2.75, 3.05) is 25.5 Å². The minimum absolute atomic E-state index is 0.438. The van der Waals surface area contributed by atoms with E-state index >= 15 is 0 Å². The molecule has 9 heavy (non-hydrogen) atoms. The molecule has 0 bridgehead atoms. The lowest BCUT2D eigenvalue weighted by Gasteiger charge is -2.43. The molecule has 0 radical (unpaired) electrons. The molecule has 0 aliphatic carbocycles. The number of β-amino-alcohol motifs (C(OH)–C–C–N with tert-alkyl or cyclic N) is 1. The van der Waals surface area contributed by atoms with Crippen LogP contribution in [0.15, 0.2) is 0 Å². The Morgan fingerprint density at radius 2 is 2.22 bits per heavy atom. The Balaban J connectivity index is 2.12. The van der Waals surface area contributed by atoms with Gasteiger partial charge in [-0.05, 0) is 6.92 Å². The Morgan fingerprint density at radius 3 is 2.56 bits per heavy atom. The maximum Gasteiger partial charge on any atom is 0.0872 e. The first-order valence-electron chi connectivity index (χ1n) is 3.15. The van der Waals surface area contributed by atoms with Crippen molar-refractivity contribution in [3.63, 3.8) is 0 Å². The van der Waals surface area contributed by atoms with E-state index in [1.54, 1.807) is 0 Å². The average molecular weight is 150 g/mol. The molecule has 1 aliphatic heterocycles. The first-order chi connectivity index (χ1) is 4.14. The van der Waals surface area contributed by atoms with Crippen LogP contribution in [0.25, 0.3) is 0 Å². The third kappa shape index (κ3) is 1.81. The largest absolute Gasteiger partial charge is 0.388 e. The van der Waals surface area contributed by atoms with Crippen LogP contribution in [0.3, 0.4) is 0 Å². The highest BCUT2D eigenvalue weighted by atomic mass is 35.5. The smallest absolute Gasteiger partial charge is 0.0872 e. The monoisotopic (exact) mass is 149 g/mol. The second-order valence-corrected chi connectivity index (χ2v) is 3.27. The molecule has 1 heterocycles. The second kappa shape index (κ2) is 2.45. The van der Waals surface area contributed by atoms with Gasteiger partial charge in [-0.3, -0.25) is 4.90 Å². The van der Waals surface area contributed by atoms with Crippen LogP contribution in [0, 0.1) is 0 Å². The van der Waals surface area contributed by atoms with Crippen LogP contribution in [0.4, 0.5) is 0 Å². The lowest BCUT2D eigenvalue weighted by Crippen LogP contribution is -2.60. The van der Waals surface area contributed by atoms with Crippen molar-refractivity contribution in [2.24, 2.45) is 0 Å². The fourth-order valence-electron chi connectivity index (χ4n) is 1.19. The molecule has 2 nitrogen and oxygen atoms in total. The van der Waals surface area contributed by atoms with Crippen LogP contribution >= 0.6 is 11.6 Å². The summed E-state index contributed by atoms with van der Waals surface area (Å²) in [6, 6.07) is 0. The van der Waals surface area contributed by atoms with E-state index in [9.17, 15) is 5.11 Å². The van der Waals surface area contributed by atoms with E-state index in [0.717, 1.165) is 19.6 Å². The van der Waals surface area contributed by atoms with E-state index in [0.29, 0.717) is 5.88 Å². The summed E-state index contributed by atoms with van der Waals surface area (Å²) in [6.07, 6.45) is 0. The molecular weight excluding hydrogens is 138 g/mol. The number of alkyl halides is 1. The summed E-state index contributed by atoms with van der Waals surface area (Å²) in [6.45, 7) is 4.30. The van der Waals surface area contributed by atoms with E-state index in [1.807, 2.05) is 6.92 Å². The first-order valence-corrected chi connectivity index (χ1v) is 3.68. The molecule has 0 spiro atoms. The van der Waals surface area contributed by atoms with E-state index < -0.39 is 5.60 Å². The number of rotatable bonds is 2. The molecule has 0 aromatic heterocycles. The van der Waals surface area contributed by atoms with Crippen molar-refractivity contribution >= 4 is 11.6 Å². The van der Waals surface area contributed by atoms with Crippen LogP contribution in [-0.4, -0.2) is 41.1 Å². The molecule has 0 aromatic rings. The lowest BCUT2D eigenvalue weighted by atomic mass is 9.97. The van der Waals surface area contributed by atoms with Crippen molar-refractivity contribution in [3.8, 4) is 0 Å². The summed E-state index contributed by atoms with van der Waals surface area (Å²) in [4.78, 5) is 2.13. The highest BCUT2D eigenvalue weighted by Gasteiger charge is 2.35. The molecular formula is C6H12ClNO. The van der Waals surface area contributed by atoms with Crippen LogP contribution in [0.1, 0.15) is 6.92 Å². The third-order valence-corrected chi connectivity index (χ3v) is 1.70. The topological polar surface area (TPSA) is 23.5 Å². The molecule has 0 atom stereocenters. The van der Waals surface area contributed by atoms with Gasteiger partial charge in [0.2, 0.25) is 0 Å². The minimum Gasteiger partial charge on any atom is -0.388 e. The van der Waals surface area contributed by atoms with Gasteiger partial charge < -0.3 is 5.11 Å². The zero-order chi connectivity index (χ0) is 6.91. The van der Waals surface area contributed by atoms with Crippen molar-refractivity contribution in [2.45, 2.75) is 12.5 Å². The molecule has 1 rings (SSSR count). The summed E-state index contributed by atoms with van der Waals surface area (Å²) in [7, 11) is 0. The summed E-state index contributed by atoms with van der Waals surface area (Å²) >= 11 is 5.48. The molecule has 1 aliphatic rings. The number of hydrogen-bond donors (Lipinski definition) is 1. The van der Waals surface area contributed by atoms with Gasteiger partial charge in [-0.25, -0.2) is 0 Å². The maximum absolute atomic E-state index is 9.23. The van der Waals surface area contributed by atoms with Gasteiger partial charge in [-0.2, -0.15) is 0 Å². The van der Waals surface area contributed by atoms with Gasteiger partial charge in [0.05, 0.1) is 5.60 Å². The van der Waals surface area contributed by atoms with Gasteiger partial charge in [-0.1, -0.05) is 0 Å². The molecule has 1 N–H and O–H groups in total. The van der Waals surface area contributed by atoms with Crippen molar-refractivity contribution in [3.05, 3.63) is 0 Å². The van der Waals surface area contributed by atoms with Crippen LogP contribution in [0.2, 0.25) is 0 Å². The highest BCUT2D eigenvalue weighted by molar-refractivity contribution is 6.18. The normalized spacial score (nSPS) is 25.7. The number of nitrogens with zero attached hydrogens (tertiary/aromatic N) is 1. The SMILES string of the molecule is CC1(O)CN(CCCl)C1. The molecule has 3 heteroatoms. The average Bonchev–Trinajstić information content (AvgIpc) is 1.62. The van der Waals surface area contributed by atoms with Gasteiger partial charge in [0, 0.05) is 25.5 Å². The fourth-order valence-corrected chi connectivity index (χ4v) is 1.43. The number of aliphatic hydroxyl groups is 1. The van der Waals surface area contributed by atoms with Crippen LogP contribution in [0.5, 0.6) is 0 Å². The van der Waals surface area contributed by atoms with E-state index in [-0.39, 0.29) is 0 Å². The predicted molar refractivity (Wildman–Crippen MR) is 37.8 cm³/mol. The molecule has 1 fully saturated rings. The highest BCUT2D eigenvalue weighted by Crippen LogP contribution is 2.18. The van der Waals surface area contributed by atoms with E-state index in [2.05, 4.69) is 4.90 Å². The Bertz CT molecular complexity index is 97.2. The summed E-state index contributed by atoms with van der Waals surface area (Å²) < 4.78 is 0. The zero-order valence-electron chi connectivity index (χ0n) is 5.60. The molecule has 1 saturated heterocycles. The predicted octanol–water partition coefficient (Wildman–Crippen LogP) is 0.292. The molecule has 0 aromatic carbocycles. The van der Waals surface area contributed by atoms with Gasteiger partial charge >= 0.3 is 0 Å². The summed E-state index contributed by atoms with van der Waals surface area (Å²) in [5.41, 5.74) is -0.438. The summed E-state index contributed by atoms with van der Waals surface area (Å²) in [5.74, 6) is 0.663. The maximum atomic E-state index is 9.23. The number of hydrogen-bond acceptors (Lipinski definition) is 2. The Hall–Kier alpha value is 0.210. The minimum atomic E-state index is -0.438. The van der Waals surface area contributed by atoms with Crippen molar-refractivity contribution in [1.29, 1.82) is 0 Å². The van der Waals surface area contributed by atoms with Gasteiger partial charge in [0.25, 0.3) is 0 Å². The molecule has 54 valence electrons. The lowest BCUT2D eigenvalue weighted by molar-refractivity contribution is -0.0802. The number of likely N-dealkylation sites (tertiary alicyclic amines) is 1. The van der Waals surface area contributed by atoms with Gasteiger partial charge in [0.15, 0.2) is 0 Å². The standard InChI is InChI=1S/C6H12ClNO/c1-6(9)4-8(5-6)3-2-7/h9H,2-5H2,1H3. The Kier molecular flexibility index (Phi) is 1.99. The molecule has 0 unspecified atom stereocenters. The third-order valence-electron chi connectivity index (χ3n) is 1.53. The quantitative estimate of drug-likeness (QED) is 0.571. The second-order valence-electron chi connectivity index (χ2n) is 2.90. The van der Waals surface area contributed by atoms with Crippen molar-refractivity contribution in [1.82, 2.24) is 4.90 Å². The van der Waals surface area contributed by atoms with Crippen molar-refractivity contribution < 1.29 is 5.11 Å². The van der Waals surface area contributed by atoms with Crippen LogP contribution < -0.4 is 0 Å². The number of halogens is 1. The Morgan fingerprint density at radius 1 is 1.67 bits per heavy atom. The van der Waals surface area contributed by atoms with Gasteiger partial charge in [0.1, 0.15) is 0 Å². The van der Waals surface area contributed by atoms with E-state index in [1.165, 1.54) is 0 Å². The first kappa shape index (κ1) is 7.32. The van der Waals surface area contributed by atoms with E-state index in [4.69, 9.17) is 11.6 Å². The Labute approximate surface area is 60.4 Å². The zero-order valence-corrected chi connectivity index (χ0v) is 6.36. The molecule has 0 saturated carbocycles. The van der Waals surface area contributed by atoms with Crippen LogP contribution in [-0.2, 0) is 0 Å². The molecule has 0 amide bonds. The fraction of sp³-hybridized carbons (Fsp3) is 1.00.